The van der Waals surface area contributed by atoms with Crippen LogP contribution in [0.15, 0.2) is 6.07 Å². The molecule has 0 aliphatic carbocycles. The zero-order chi connectivity index (χ0) is 13.3. The van der Waals surface area contributed by atoms with Crippen molar-refractivity contribution >= 4 is 11.8 Å². The molecule has 0 spiro atoms. The highest BCUT2D eigenvalue weighted by atomic mass is 16.4. The van der Waals surface area contributed by atoms with Gasteiger partial charge in [-0.15, -0.1) is 0 Å². The Morgan fingerprint density at radius 2 is 1.94 bits per heavy atom. The van der Waals surface area contributed by atoms with Crippen molar-refractivity contribution in [3.8, 4) is 0 Å². The van der Waals surface area contributed by atoms with Gasteiger partial charge in [0.05, 0.1) is 0 Å². The maximum Gasteiger partial charge on any atom is 0.374 e. The number of carbonyl (C=O) groups is 1. The van der Waals surface area contributed by atoms with Gasteiger partial charge in [0.2, 0.25) is 5.82 Å². The van der Waals surface area contributed by atoms with Crippen LogP contribution in [0.5, 0.6) is 0 Å². The first-order chi connectivity index (χ1) is 8.45. The Balaban J connectivity index is 2.29. The van der Waals surface area contributed by atoms with E-state index in [2.05, 4.69) is 28.7 Å². The monoisotopic (exact) mass is 249 g/mol. The summed E-state index contributed by atoms with van der Waals surface area (Å²) in [6.07, 6.45) is 1.21. The summed E-state index contributed by atoms with van der Waals surface area (Å²) in [7, 11) is 0. The van der Waals surface area contributed by atoms with Crippen LogP contribution in [-0.2, 0) is 0 Å². The van der Waals surface area contributed by atoms with Crippen LogP contribution >= 0.6 is 0 Å². The lowest BCUT2D eigenvalue weighted by Crippen LogP contribution is -2.39. The van der Waals surface area contributed by atoms with Crippen molar-refractivity contribution in [3.63, 3.8) is 0 Å². The van der Waals surface area contributed by atoms with Crippen molar-refractivity contribution < 1.29 is 9.90 Å². The first-order valence-electron chi connectivity index (χ1n) is 6.29. The number of piperidine rings is 1. The highest BCUT2D eigenvalue weighted by Crippen LogP contribution is 2.25. The summed E-state index contributed by atoms with van der Waals surface area (Å²) < 4.78 is 0. The average molecular weight is 249 g/mol. The van der Waals surface area contributed by atoms with Crippen LogP contribution in [0.2, 0.25) is 0 Å². The predicted octanol–water partition coefficient (Wildman–Crippen LogP) is 1.97. The summed E-state index contributed by atoms with van der Waals surface area (Å²) in [5.74, 6) is 0.766. The maximum absolute atomic E-state index is 11.0. The molecule has 5 nitrogen and oxygen atoms in total. The number of carboxylic acid groups (broad SMARTS) is 1. The minimum Gasteiger partial charge on any atom is -0.475 e. The maximum atomic E-state index is 11.0. The predicted molar refractivity (Wildman–Crippen MR) is 68.9 cm³/mol. The van der Waals surface area contributed by atoms with E-state index in [1.807, 2.05) is 6.07 Å². The smallest absolute Gasteiger partial charge is 0.374 e. The van der Waals surface area contributed by atoms with E-state index < -0.39 is 5.97 Å². The number of rotatable bonds is 2. The van der Waals surface area contributed by atoms with E-state index >= 15 is 0 Å². The summed E-state index contributed by atoms with van der Waals surface area (Å²) in [6, 6.07) is 1.86. The van der Waals surface area contributed by atoms with Crippen LogP contribution in [0.1, 0.15) is 36.6 Å². The molecule has 0 saturated carbocycles. The standard InChI is InChI=1S/C13H19N3O2/c1-8-4-9(2)7-16(6-8)11-5-10(3)14-12(15-11)13(17)18/h5,8-9H,4,6-7H2,1-3H3,(H,17,18). The van der Waals surface area contributed by atoms with Gasteiger partial charge >= 0.3 is 5.97 Å². The van der Waals surface area contributed by atoms with E-state index in [-0.39, 0.29) is 5.82 Å². The van der Waals surface area contributed by atoms with Crippen molar-refractivity contribution in [2.45, 2.75) is 27.2 Å². The summed E-state index contributed by atoms with van der Waals surface area (Å²) in [5, 5.41) is 8.99. The number of hydrogen-bond donors (Lipinski definition) is 1. The minimum absolute atomic E-state index is 0.115. The molecular weight excluding hydrogens is 230 g/mol. The van der Waals surface area contributed by atoms with Gasteiger partial charge in [0.15, 0.2) is 0 Å². The largest absolute Gasteiger partial charge is 0.475 e. The van der Waals surface area contributed by atoms with Crippen LogP contribution in [-0.4, -0.2) is 34.1 Å². The zero-order valence-corrected chi connectivity index (χ0v) is 11.1. The molecule has 2 unspecified atom stereocenters. The first-order valence-corrected chi connectivity index (χ1v) is 6.29. The second-order valence-electron chi connectivity index (χ2n) is 5.35. The van der Waals surface area contributed by atoms with Crippen LogP contribution in [0.4, 0.5) is 5.82 Å². The normalized spacial score (nSPS) is 24.1. The van der Waals surface area contributed by atoms with E-state index in [9.17, 15) is 4.79 Å². The fraction of sp³-hybridized carbons (Fsp3) is 0.615. The Labute approximate surface area is 107 Å². The molecule has 2 atom stereocenters. The number of aromatic nitrogens is 2. The van der Waals surface area contributed by atoms with Crippen LogP contribution in [0.3, 0.4) is 0 Å². The van der Waals surface area contributed by atoms with Crippen LogP contribution < -0.4 is 4.90 Å². The van der Waals surface area contributed by atoms with Crippen molar-refractivity contribution in [3.05, 3.63) is 17.6 Å². The lowest BCUT2D eigenvalue weighted by Gasteiger charge is -2.35. The molecule has 2 rings (SSSR count). The number of aromatic carboxylic acids is 1. The number of hydrogen-bond acceptors (Lipinski definition) is 4. The molecule has 1 N–H and O–H groups in total. The molecule has 2 heterocycles. The molecule has 0 bridgehead atoms. The summed E-state index contributed by atoms with van der Waals surface area (Å²) in [4.78, 5) is 21.2. The van der Waals surface area contributed by atoms with E-state index in [0.29, 0.717) is 17.5 Å². The van der Waals surface area contributed by atoms with Gasteiger partial charge in [0.1, 0.15) is 5.82 Å². The Hall–Kier alpha value is -1.65. The summed E-state index contributed by atoms with van der Waals surface area (Å²) in [5.41, 5.74) is 0.697. The highest BCUT2D eigenvalue weighted by Gasteiger charge is 2.23. The molecule has 1 aliphatic heterocycles. The van der Waals surface area contributed by atoms with Gasteiger partial charge in [0, 0.05) is 24.8 Å². The third-order valence-electron chi connectivity index (χ3n) is 3.22. The summed E-state index contributed by atoms with van der Waals surface area (Å²) in [6.45, 7) is 8.09. The molecular formula is C13H19N3O2. The van der Waals surface area contributed by atoms with Gasteiger partial charge in [-0.25, -0.2) is 14.8 Å². The second-order valence-corrected chi connectivity index (χ2v) is 5.35. The second kappa shape index (κ2) is 4.92. The van der Waals surface area contributed by atoms with E-state index in [1.165, 1.54) is 6.42 Å². The van der Waals surface area contributed by atoms with Crippen molar-refractivity contribution in [2.75, 3.05) is 18.0 Å². The molecule has 0 radical (unpaired) electrons. The van der Waals surface area contributed by atoms with Gasteiger partial charge < -0.3 is 10.0 Å². The third kappa shape index (κ3) is 2.78. The fourth-order valence-corrected chi connectivity index (χ4v) is 2.66. The highest BCUT2D eigenvalue weighted by molar-refractivity contribution is 5.83. The van der Waals surface area contributed by atoms with Gasteiger partial charge in [-0.2, -0.15) is 0 Å². The van der Waals surface area contributed by atoms with Crippen molar-refractivity contribution in [1.29, 1.82) is 0 Å². The molecule has 1 fully saturated rings. The van der Waals surface area contributed by atoms with Crippen molar-refractivity contribution in [1.82, 2.24) is 9.97 Å². The van der Waals surface area contributed by atoms with Gasteiger partial charge in [-0.1, -0.05) is 13.8 Å². The molecule has 98 valence electrons. The fourth-order valence-electron chi connectivity index (χ4n) is 2.66. The Morgan fingerprint density at radius 1 is 1.33 bits per heavy atom. The van der Waals surface area contributed by atoms with E-state index in [0.717, 1.165) is 18.9 Å². The number of nitrogens with zero attached hydrogens (tertiary/aromatic N) is 3. The third-order valence-corrected chi connectivity index (χ3v) is 3.22. The van der Waals surface area contributed by atoms with Gasteiger partial charge in [0.25, 0.3) is 0 Å². The first kappa shape index (κ1) is 12.8. The Morgan fingerprint density at radius 3 is 2.50 bits per heavy atom. The molecule has 18 heavy (non-hydrogen) atoms. The molecule has 1 aromatic rings. The minimum atomic E-state index is -1.07. The average Bonchev–Trinajstić information content (AvgIpc) is 2.26. The SMILES string of the molecule is Cc1cc(N2CC(C)CC(C)C2)nc(C(=O)O)n1. The van der Waals surface area contributed by atoms with Crippen molar-refractivity contribution in [2.24, 2.45) is 11.8 Å². The van der Waals surface area contributed by atoms with E-state index in [4.69, 9.17) is 5.11 Å². The van der Waals surface area contributed by atoms with Crippen LogP contribution in [0.25, 0.3) is 0 Å². The molecule has 0 aromatic carbocycles. The molecule has 1 aliphatic rings. The molecule has 0 amide bonds. The Kier molecular flexibility index (Phi) is 3.50. The number of anilines is 1. The summed E-state index contributed by atoms with van der Waals surface area (Å²) >= 11 is 0. The van der Waals surface area contributed by atoms with Gasteiger partial charge in [-0.05, 0) is 25.2 Å². The number of carboxylic acids is 1. The van der Waals surface area contributed by atoms with E-state index in [1.54, 1.807) is 6.92 Å². The Bertz CT molecular complexity index is 452. The topological polar surface area (TPSA) is 66.3 Å². The quantitative estimate of drug-likeness (QED) is 0.868. The van der Waals surface area contributed by atoms with Crippen LogP contribution in [0, 0.1) is 18.8 Å². The molecule has 5 heteroatoms. The molecule has 1 saturated heterocycles. The molecule has 1 aromatic heterocycles. The number of aryl methyl sites for hydroxylation is 1. The lowest BCUT2D eigenvalue weighted by molar-refractivity contribution is 0.0683. The van der Waals surface area contributed by atoms with Gasteiger partial charge in [-0.3, -0.25) is 0 Å². The zero-order valence-electron chi connectivity index (χ0n) is 11.1. The lowest BCUT2D eigenvalue weighted by atomic mass is 9.92.